The van der Waals surface area contributed by atoms with Gasteiger partial charge in [0.25, 0.3) is 5.91 Å². The number of imidazole rings is 1. The fourth-order valence-electron chi connectivity index (χ4n) is 3.17. The summed E-state index contributed by atoms with van der Waals surface area (Å²) in [5, 5.41) is 8.70. The number of halogens is 2. The zero-order valence-electron chi connectivity index (χ0n) is 17.0. The second-order valence-corrected chi connectivity index (χ2v) is 7.38. The molecule has 4 N–H and O–H groups in total. The molecule has 1 saturated heterocycles. The number of carbonyl (C=O) groups is 1. The highest BCUT2D eigenvalue weighted by Gasteiger charge is 2.15. The summed E-state index contributed by atoms with van der Waals surface area (Å²) in [5.74, 6) is 0.684. The Kier molecular flexibility index (Phi) is 6.58. The maximum atomic E-state index is 13.6. The number of morpholine rings is 1. The molecule has 1 amide bonds. The van der Waals surface area contributed by atoms with Crippen molar-refractivity contribution in [3.8, 4) is 0 Å². The second-order valence-electron chi connectivity index (χ2n) is 7.01. The molecule has 0 saturated carbocycles. The van der Waals surface area contributed by atoms with Gasteiger partial charge < -0.3 is 19.9 Å². The molecule has 0 aliphatic carbocycles. The monoisotopic (exact) mass is 455 g/mol. The van der Waals surface area contributed by atoms with E-state index >= 15 is 0 Å². The quantitative estimate of drug-likeness (QED) is 0.492. The van der Waals surface area contributed by atoms with Gasteiger partial charge in [-0.1, -0.05) is 23.7 Å². The number of nitrogens with two attached hydrogens (primary N) is 1. The minimum atomic E-state index is -0.552. The maximum absolute atomic E-state index is 13.6. The summed E-state index contributed by atoms with van der Waals surface area (Å²) in [6.07, 6.45) is 4.52. The summed E-state index contributed by atoms with van der Waals surface area (Å²) in [7, 11) is 0. The first-order valence-electron chi connectivity index (χ1n) is 9.92. The van der Waals surface area contributed by atoms with Crippen LogP contribution in [0, 0.1) is 5.82 Å². The van der Waals surface area contributed by atoms with Crippen molar-refractivity contribution in [1.29, 1.82) is 0 Å². The van der Waals surface area contributed by atoms with Gasteiger partial charge in [0.2, 0.25) is 5.71 Å². The zero-order chi connectivity index (χ0) is 22.5. The van der Waals surface area contributed by atoms with Gasteiger partial charge in [0, 0.05) is 19.2 Å². The molecule has 2 aromatic heterocycles. The van der Waals surface area contributed by atoms with Crippen molar-refractivity contribution in [3.05, 3.63) is 76.6 Å². The molecule has 32 heavy (non-hydrogen) atoms. The first-order valence-corrected chi connectivity index (χ1v) is 10.3. The Morgan fingerprint density at radius 3 is 2.84 bits per heavy atom. The number of ether oxygens (including phenoxy) is 1. The molecular weight excluding hydrogens is 435 g/mol. The third-order valence-corrected chi connectivity index (χ3v) is 5.22. The Morgan fingerprint density at radius 2 is 2.03 bits per heavy atom. The number of benzene rings is 1. The van der Waals surface area contributed by atoms with E-state index in [4.69, 9.17) is 21.7 Å². The van der Waals surface area contributed by atoms with Crippen LogP contribution in [0.5, 0.6) is 0 Å². The minimum Gasteiger partial charge on any atom is -0.378 e. The normalized spacial score (nSPS) is 14.0. The number of H-pyrrole nitrogens is 1. The van der Waals surface area contributed by atoms with Crippen LogP contribution in [-0.2, 0) is 4.74 Å². The summed E-state index contributed by atoms with van der Waals surface area (Å²) < 4.78 is 19.0. The van der Waals surface area contributed by atoms with Crippen molar-refractivity contribution in [2.75, 3.05) is 36.5 Å². The van der Waals surface area contributed by atoms with E-state index < -0.39 is 5.82 Å². The smallest absolute Gasteiger partial charge is 0.274 e. The molecule has 1 aliphatic heterocycles. The van der Waals surface area contributed by atoms with Crippen LogP contribution in [0.4, 0.5) is 16.0 Å². The highest BCUT2D eigenvalue weighted by atomic mass is 35.5. The fraction of sp³-hybridized carbons (Fsp3) is 0.182. The largest absolute Gasteiger partial charge is 0.378 e. The van der Waals surface area contributed by atoms with Gasteiger partial charge in [-0.15, -0.1) is 0 Å². The number of nitrogens with one attached hydrogen (secondary N) is 2. The molecule has 0 atom stereocenters. The molecule has 0 unspecified atom stereocenters. The van der Waals surface area contributed by atoms with E-state index in [1.807, 2.05) is 12.1 Å². The number of anilines is 2. The number of aromatic amines is 1. The topological polar surface area (TPSA) is 109 Å². The lowest BCUT2D eigenvalue weighted by Crippen LogP contribution is -2.39. The average Bonchev–Trinajstić information content (AvgIpc) is 3.29. The van der Waals surface area contributed by atoms with Crippen LogP contribution in [0.2, 0.25) is 5.02 Å². The predicted octanol–water partition coefficient (Wildman–Crippen LogP) is 1.95. The van der Waals surface area contributed by atoms with Crippen molar-refractivity contribution < 1.29 is 19.3 Å². The van der Waals surface area contributed by atoms with E-state index in [-0.39, 0.29) is 22.3 Å². The first-order chi connectivity index (χ1) is 15.5. The second kappa shape index (κ2) is 9.71. The lowest BCUT2D eigenvalue weighted by molar-refractivity contribution is -0.110. The van der Waals surface area contributed by atoms with Gasteiger partial charge in [-0.2, -0.15) is 0 Å². The van der Waals surface area contributed by atoms with Gasteiger partial charge in [-0.25, -0.2) is 14.4 Å². The molecule has 4 rings (SSSR count). The Morgan fingerprint density at radius 1 is 1.25 bits per heavy atom. The third kappa shape index (κ3) is 5.01. The summed E-state index contributed by atoms with van der Waals surface area (Å²) in [5.41, 5.74) is 0.894. The van der Waals surface area contributed by atoms with Gasteiger partial charge >= 0.3 is 0 Å². The van der Waals surface area contributed by atoms with Gasteiger partial charge in [-0.3, -0.25) is 10.2 Å². The number of aromatic nitrogens is 3. The molecule has 8 nitrogen and oxygen atoms in total. The van der Waals surface area contributed by atoms with Gasteiger partial charge in [0.05, 0.1) is 30.0 Å². The Labute approximate surface area is 188 Å². The van der Waals surface area contributed by atoms with E-state index in [0.717, 1.165) is 18.9 Å². The summed E-state index contributed by atoms with van der Waals surface area (Å²) in [4.78, 5) is 26.3. The van der Waals surface area contributed by atoms with Gasteiger partial charge in [0.15, 0.2) is 0 Å². The van der Waals surface area contributed by atoms with E-state index in [1.165, 1.54) is 24.4 Å². The molecule has 0 bridgehead atoms. The molecule has 3 heterocycles. The highest BCUT2D eigenvalue weighted by Crippen LogP contribution is 2.20. The SMILES string of the molecule is [NH2+]=C(/C=C\c1ncc(C(=O)Nc2cccc(N3CCOCC3)n2)[nH]1)c1cccc(F)c1Cl. The zero-order valence-corrected chi connectivity index (χ0v) is 17.8. The number of nitrogens with zero attached hydrogens (tertiary/aromatic N) is 3. The van der Waals surface area contributed by atoms with Crippen molar-refractivity contribution in [2.45, 2.75) is 0 Å². The van der Waals surface area contributed by atoms with Crippen LogP contribution in [-0.4, -0.2) is 52.9 Å². The van der Waals surface area contributed by atoms with E-state index in [9.17, 15) is 9.18 Å². The van der Waals surface area contributed by atoms with Crippen molar-refractivity contribution >= 4 is 40.9 Å². The molecular formula is C22H21ClFN6O2+. The van der Waals surface area contributed by atoms with Crippen molar-refractivity contribution in [2.24, 2.45) is 0 Å². The van der Waals surface area contributed by atoms with E-state index in [2.05, 4.69) is 25.2 Å². The molecule has 164 valence electrons. The Bertz CT molecular complexity index is 1170. The maximum Gasteiger partial charge on any atom is 0.274 e. The van der Waals surface area contributed by atoms with Crippen LogP contribution >= 0.6 is 11.6 Å². The first kappa shape index (κ1) is 21.7. The lowest BCUT2D eigenvalue weighted by atomic mass is 10.1. The van der Waals surface area contributed by atoms with Crippen molar-refractivity contribution in [1.82, 2.24) is 15.0 Å². The van der Waals surface area contributed by atoms with E-state index in [1.54, 1.807) is 18.2 Å². The molecule has 3 aromatic rings. The highest BCUT2D eigenvalue weighted by molar-refractivity contribution is 6.34. The molecule has 1 aromatic carbocycles. The summed E-state index contributed by atoms with van der Waals surface area (Å²) in [6.45, 7) is 2.80. The molecule has 0 radical (unpaired) electrons. The van der Waals surface area contributed by atoms with Crippen LogP contribution < -0.4 is 15.6 Å². The van der Waals surface area contributed by atoms with Crippen LogP contribution in [0.1, 0.15) is 21.9 Å². The third-order valence-electron chi connectivity index (χ3n) is 4.83. The van der Waals surface area contributed by atoms with Gasteiger partial charge in [-0.05, 0) is 30.3 Å². The van der Waals surface area contributed by atoms with Crippen LogP contribution in [0.15, 0.2) is 48.7 Å². The van der Waals surface area contributed by atoms with Crippen LogP contribution in [0.25, 0.3) is 6.08 Å². The molecule has 10 heteroatoms. The number of allylic oxidation sites excluding steroid dienone is 1. The summed E-state index contributed by atoms with van der Waals surface area (Å²) >= 11 is 5.95. The Balaban J connectivity index is 1.41. The van der Waals surface area contributed by atoms with Crippen LogP contribution in [0.3, 0.4) is 0 Å². The number of hydrogen-bond donors (Lipinski definition) is 3. The number of hydrogen-bond acceptors (Lipinski definition) is 5. The van der Waals surface area contributed by atoms with Crippen molar-refractivity contribution in [3.63, 3.8) is 0 Å². The Hall–Kier alpha value is -3.56. The molecule has 1 aliphatic rings. The molecule has 1 fully saturated rings. The number of carbonyl (C=O) groups excluding carboxylic acids is 1. The lowest BCUT2D eigenvalue weighted by Gasteiger charge is -2.27. The number of rotatable bonds is 6. The number of pyridine rings is 1. The number of amides is 1. The fourth-order valence-corrected chi connectivity index (χ4v) is 3.40. The molecule has 0 spiro atoms. The average molecular weight is 456 g/mol. The summed E-state index contributed by atoms with van der Waals surface area (Å²) in [6, 6.07) is 9.85. The van der Waals surface area contributed by atoms with Gasteiger partial charge in [0.1, 0.15) is 29.0 Å². The van der Waals surface area contributed by atoms with E-state index in [0.29, 0.717) is 30.4 Å². The minimum absolute atomic E-state index is 0.0547. The predicted molar refractivity (Wildman–Crippen MR) is 120 cm³/mol. The standard InChI is InChI=1S/C22H20ClFN6O2/c23-21-14(3-1-4-15(21)24)16(25)7-8-18-26-13-17(27-18)22(31)29-19-5-2-6-20(28-19)30-9-11-32-12-10-30/h1-8,13,25H,9-12H2,(H,26,27)(H,28,29,31)/p+1/b8-7-,25-16?.